The first-order valence-corrected chi connectivity index (χ1v) is 7.65. The lowest BCUT2D eigenvalue weighted by Gasteiger charge is -2.15. The Kier molecular flexibility index (Phi) is 5.48. The van der Waals surface area contributed by atoms with E-state index in [1.165, 1.54) is 0 Å². The standard InChI is InChI=1S/C13H18N2O3S/c1-10(7-11(2)16)15-19(17,18)9-13-6-4-3-5-12(13)8-14/h3-6,10-11,15-16H,7,9H2,1-2H3. The molecule has 1 aromatic rings. The summed E-state index contributed by atoms with van der Waals surface area (Å²) in [5.74, 6) is -0.235. The molecule has 2 unspecified atom stereocenters. The van der Waals surface area contributed by atoms with E-state index in [0.29, 0.717) is 17.5 Å². The number of benzene rings is 1. The fourth-order valence-electron chi connectivity index (χ4n) is 1.87. The second-order valence-corrected chi connectivity index (χ2v) is 6.39. The van der Waals surface area contributed by atoms with E-state index in [1.807, 2.05) is 6.07 Å². The van der Waals surface area contributed by atoms with Crippen LogP contribution in [0.3, 0.4) is 0 Å². The molecule has 0 radical (unpaired) electrons. The second-order valence-electron chi connectivity index (χ2n) is 4.63. The average Bonchev–Trinajstić information content (AvgIpc) is 2.26. The summed E-state index contributed by atoms with van der Waals surface area (Å²) in [6, 6.07) is 8.23. The van der Waals surface area contributed by atoms with Crippen molar-refractivity contribution >= 4 is 10.0 Å². The summed E-state index contributed by atoms with van der Waals surface area (Å²) in [5, 5.41) is 18.1. The fraction of sp³-hybridized carbons (Fsp3) is 0.462. The second kappa shape index (κ2) is 6.66. The van der Waals surface area contributed by atoms with E-state index in [2.05, 4.69) is 4.72 Å². The summed E-state index contributed by atoms with van der Waals surface area (Å²) in [7, 11) is -3.52. The highest BCUT2D eigenvalue weighted by atomic mass is 32.2. The van der Waals surface area contributed by atoms with E-state index in [9.17, 15) is 13.5 Å². The highest BCUT2D eigenvalue weighted by Crippen LogP contribution is 2.11. The number of sulfonamides is 1. The van der Waals surface area contributed by atoms with Gasteiger partial charge in [0, 0.05) is 6.04 Å². The van der Waals surface area contributed by atoms with Crippen molar-refractivity contribution in [2.24, 2.45) is 0 Å². The van der Waals surface area contributed by atoms with Gasteiger partial charge in [0.15, 0.2) is 0 Å². The summed E-state index contributed by atoms with van der Waals surface area (Å²) < 4.78 is 26.4. The Balaban J connectivity index is 2.78. The van der Waals surface area contributed by atoms with E-state index in [-0.39, 0.29) is 11.8 Å². The summed E-state index contributed by atoms with van der Waals surface area (Å²) >= 11 is 0. The van der Waals surface area contributed by atoms with Crippen LogP contribution in [-0.4, -0.2) is 25.7 Å². The van der Waals surface area contributed by atoms with Crippen molar-refractivity contribution in [2.75, 3.05) is 0 Å². The minimum atomic E-state index is -3.52. The van der Waals surface area contributed by atoms with Gasteiger partial charge in [0.05, 0.1) is 23.5 Å². The molecule has 0 amide bonds. The molecule has 0 aliphatic heterocycles. The van der Waals surface area contributed by atoms with Gasteiger partial charge in [0.25, 0.3) is 0 Å². The van der Waals surface area contributed by atoms with Gasteiger partial charge in [-0.25, -0.2) is 13.1 Å². The molecule has 2 atom stereocenters. The maximum Gasteiger partial charge on any atom is 0.216 e. The summed E-state index contributed by atoms with van der Waals surface area (Å²) in [4.78, 5) is 0. The number of nitriles is 1. The molecule has 5 nitrogen and oxygen atoms in total. The summed E-state index contributed by atoms with van der Waals surface area (Å²) in [5.41, 5.74) is 0.831. The molecule has 6 heteroatoms. The zero-order chi connectivity index (χ0) is 14.5. The molecule has 2 N–H and O–H groups in total. The van der Waals surface area contributed by atoms with Gasteiger partial charge in [-0.3, -0.25) is 0 Å². The average molecular weight is 282 g/mol. The Bertz CT molecular complexity index is 561. The van der Waals surface area contributed by atoms with Gasteiger partial charge in [-0.05, 0) is 31.9 Å². The van der Waals surface area contributed by atoms with Crippen LogP contribution in [-0.2, 0) is 15.8 Å². The Morgan fingerprint density at radius 1 is 1.37 bits per heavy atom. The number of aliphatic hydroxyl groups is 1. The van der Waals surface area contributed by atoms with E-state index >= 15 is 0 Å². The first kappa shape index (κ1) is 15.6. The molecule has 19 heavy (non-hydrogen) atoms. The first-order chi connectivity index (χ1) is 8.84. The normalized spacial score (nSPS) is 14.6. The van der Waals surface area contributed by atoms with Gasteiger partial charge in [-0.2, -0.15) is 5.26 Å². The molecule has 0 aromatic heterocycles. The molecule has 1 aromatic carbocycles. The lowest BCUT2D eigenvalue weighted by Crippen LogP contribution is -2.35. The molecule has 0 bridgehead atoms. The predicted molar refractivity (Wildman–Crippen MR) is 72.7 cm³/mol. The van der Waals surface area contributed by atoms with Crippen molar-refractivity contribution in [3.63, 3.8) is 0 Å². The maximum absolute atomic E-state index is 12.0. The van der Waals surface area contributed by atoms with Crippen LogP contribution in [0.2, 0.25) is 0 Å². The Labute approximate surface area is 113 Å². The fourth-order valence-corrected chi connectivity index (χ4v) is 3.32. The largest absolute Gasteiger partial charge is 0.393 e. The van der Waals surface area contributed by atoms with Crippen molar-refractivity contribution in [3.8, 4) is 6.07 Å². The number of rotatable bonds is 6. The van der Waals surface area contributed by atoms with Crippen molar-refractivity contribution in [1.82, 2.24) is 4.72 Å². The smallest absolute Gasteiger partial charge is 0.216 e. The highest BCUT2D eigenvalue weighted by molar-refractivity contribution is 7.88. The zero-order valence-corrected chi connectivity index (χ0v) is 11.8. The van der Waals surface area contributed by atoms with Crippen LogP contribution >= 0.6 is 0 Å². The molecule has 0 fully saturated rings. The van der Waals surface area contributed by atoms with E-state index in [4.69, 9.17) is 5.26 Å². The molecule has 104 valence electrons. The first-order valence-electron chi connectivity index (χ1n) is 6.00. The Morgan fingerprint density at radius 3 is 2.58 bits per heavy atom. The molecule has 0 aliphatic rings. The van der Waals surface area contributed by atoms with Crippen molar-refractivity contribution < 1.29 is 13.5 Å². The monoisotopic (exact) mass is 282 g/mol. The van der Waals surface area contributed by atoms with Crippen LogP contribution in [0.4, 0.5) is 0 Å². The molecular formula is C13H18N2O3S. The zero-order valence-electron chi connectivity index (χ0n) is 11.0. The molecule has 0 saturated heterocycles. The number of nitrogens with zero attached hydrogens (tertiary/aromatic N) is 1. The number of hydrogen-bond donors (Lipinski definition) is 2. The van der Waals surface area contributed by atoms with Gasteiger partial charge in [0.1, 0.15) is 0 Å². The van der Waals surface area contributed by atoms with Crippen molar-refractivity contribution in [2.45, 2.75) is 38.2 Å². The van der Waals surface area contributed by atoms with Gasteiger partial charge >= 0.3 is 0 Å². The lowest BCUT2D eigenvalue weighted by molar-refractivity contribution is 0.175. The topological polar surface area (TPSA) is 90.2 Å². The van der Waals surface area contributed by atoms with Gasteiger partial charge in [-0.1, -0.05) is 18.2 Å². The number of nitrogens with one attached hydrogen (secondary N) is 1. The van der Waals surface area contributed by atoms with E-state index < -0.39 is 16.1 Å². The van der Waals surface area contributed by atoms with E-state index in [1.54, 1.807) is 38.1 Å². The lowest BCUT2D eigenvalue weighted by atomic mass is 10.1. The van der Waals surface area contributed by atoms with Crippen LogP contribution in [0.15, 0.2) is 24.3 Å². The SMILES string of the molecule is CC(O)CC(C)NS(=O)(=O)Cc1ccccc1C#N. The minimum Gasteiger partial charge on any atom is -0.393 e. The van der Waals surface area contributed by atoms with Gasteiger partial charge < -0.3 is 5.11 Å². The third-order valence-electron chi connectivity index (χ3n) is 2.56. The quantitative estimate of drug-likeness (QED) is 0.818. The van der Waals surface area contributed by atoms with Crippen LogP contribution < -0.4 is 4.72 Å². The summed E-state index contributed by atoms with van der Waals surface area (Å²) in [6.07, 6.45) is -0.219. The van der Waals surface area contributed by atoms with Gasteiger partial charge in [-0.15, -0.1) is 0 Å². The van der Waals surface area contributed by atoms with Crippen LogP contribution in [0.25, 0.3) is 0 Å². The van der Waals surface area contributed by atoms with E-state index in [0.717, 1.165) is 0 Å². The number of aliphatic hydroxyl groups excluding tert-OH is 1. The predicted octanol–water partition coefficient (Wildman–Crippen LogP) is 1.14. The molecule has 0 aliphatic carbocycles. The van der Waals surface area contributed by atoms with Crippen molar-refractivity contribution in [3.05, 3.63) is 35.4 Å². The summed E-state index contributed by atoms with van der Waals surface area (Å²) in [6.45, 7) is 3.30. The third-order valence-corrected chi connectivity index (χ3v) is 4.01. The molecule has 0 spiro atoms. The molecule has 0 saturated carbocycles. The van der Waals surface area contributed by atoms with Crippen LogP contribution in [0.5, 0.6) is 0 Å². The molecule has 1 rings (SSSR count). The van der Waals surface area contributed by atoms with Crippen LogP contribution in [0.1, 0.15) is 31.4 Å². The highest BCUT2D eigenvalue weighted by Gasteiger charge is 2.18. The minimum absolute atomic E-state index is 0.235. The Morgan fingerprint density at radius 2 is 2.00 bits per heavy atom. The third kappa shape index (κ3) is 5.39. The molecular weight excluding hydrogens is 264 g/mol. The Hall–Kier alpha value is -1.42. The van der Waals surface area contributed by atoms with Crippen molar-refractivity contribution in [1.29, 1.82) is 5.26 Å². The maximum atomic E-state index is 12.0. The van der Waals surface area contributed by atoms with Crippen LogP contribution in [0, 0.1) is 11.3 Å². The van der Waals surface area contributed by atoms with Gasteiger partial charge in [0.2, 0.25) is 10.0 Å². The number of hydrogen-bond acceptors (Lipinski definition) is 4. The molecule has 0 heterocycles.